The summed E-state index contributed by atoms with van der Waals surface area (Å²) >= 11 is 0. The Hall–Kier alpha value is -2.56. The van der Waals surface area contributed by atoms with Gasteiger partial charge in [-0.15, -0.1) is 0 Å². The second-order valence-electron chi connectivity index (χ2n) is 5.38. The lowest BCUT2D eigenvalue weighted by atomic mass is 10.1. The maximum absolute atomic E-state index is 11.9. The third-order valence-corrected chi connectivity index (χ3v) is 3.42. The van der Waals surface area contributed by atoms with Gasteiger partial charge in [-0.05, 0) is 35.7 Å². The number of pyridine rings is 1. The number of hydrogen-bond acceptors (Lipinski definition) is 3. The van der Waals surface area contributed by atoms with Crippen LogP contribution in [0.3, 0.4) is 0 Å². The first-order valence-electron chi connectivity index (χ1n) is 7.24. The average molecular weight is 298 g/mol. The van der Waals surface area contributed by atoms with Crippen LogP contribution in [0.1, 0.15) is 16.7 Å². The predicted octanol–water partition coefficient (Wildman–Crippen LogP) is 2.46. The molecule has 2 amide bonds. The molecule has 0 aliphatic carbocycles. The van der Waals surface area contributed by atoms with E-state index in [0.29, 0.717) is 13.1 Å². The topological polar surface area (TPSA) is 57.3 Å². The summed E-state index contributed by atoms with van der Waals surface area (Å²) in [5.74, 6) is 0.875. The van der Waals surface area contributed by atoms with E-state index >= 15 is 0 Å². The smallest absolute Gasteiger partial charge is 0.315 e. The van der Waals surface area contributed by atoms with Gasteiger partial charge in [0.2, 0.25) is 0 Å². The number of aromatic nitrogens is 1. The van der Waals surface area contributed by atoms with Gasteiger partial charge < -0.3 is 15.5 Å². The Morgan fingerprint density at radius 3 is 2.59 bits per heavy atom. The molecule has 0 aliphatic rings. The molecule has 0 saturated heterocycles. The summed E-state index contributed by atoms with van der Waals surface area (Å²) < 4.78 is 0. The normalized spacial score (nSPS) is 10.1. The van der Waals surface area contributed by atoms with Crippen molar-refractivity contribution >= 4 is 11.8 Å². The molecular weight excluding hydrogens is 276 g/mol. The Morgan fingerprint density at radius 1 is 1.14 bits per heavy atom. The quantitative estimate of drug-likeness (QED) is 0.891. The maximum Gasteiger partial charge on any atom is 0.315 e. The van der Waals surface area contributed by atoms with Gasteiger partial charge in [0.05, 0.1) is 0 Å². The van der Waals surface area contributed by atoms with Crippen molar-refractivity contribution in [3.63, 3.8) is 0 Å². The number of rotatable bonds is 5. The number of aryl methyl sites for hydroxylation is 1. The highest BCUT2D eigenvalue weighted by Gasteiger charge is 2.04. The van der Waals surface area contributed by atoms with Crippen LogP contribution in [-0.2, 0) is 13.1 Å². The summed E-state index contributed by atoms with van der Waals surface area (Å²) in [6.07, 6.45) is 1.75. The molecule has 0 unspecified atom stereocenters. The molecule has 0 aliphatic heterocycles. The predicted molar refractivity (Wildman–Crippen MR) is 88.8 cm³/mol. The zero-order valence-corrected chi connectivity index (χ0v) is 13.3. The maximum atomic E-state index is 11.9. The lowest BCUT2D eigenvalue weighted by molar-refractivity contribution is 0.240. The molecule has 0 spiro atoms. The van der Waals surface area contributed by atoms with Crippen molar-refractivity contribution in [1.82, 2.24) is 15.6 Å². The molecule has 5 nitrogen and oxygen atoms in total. The van der Waals surface area contributed by atoms with Crippen molar-refractivity contribution in [2.24, 2.45) is 0 Å². The first kappa shape index (κ1) is 15.8. The molecule has 0 fully saturated rings. The Morgan fingerprint density at radius 2 is 1.86 bits per heavy atom. The molecule has 0 saturated carbocycles. The zero-order valence-electron chi connectivity index (χ0n) is 13.3. The fraction of sp³-hybridized carbons (Fsp3) is 0.294. The molecule has 0 atom stereocenters. The molecule has 1 heterocycles. The highest BCUT2D eigenvalue weighted by Crippen LogP contribution is 2.09. The monoisotopic (exact) mass is 298 g/mol. The summed E-state index contributed by atoms with van der Waals surface area (Å²) in [6, 6.07) is 11.7. The van der Waals surface area contributed by atoms with E-state index in [0.717, 1.165) is 16.9 Å². The fourth-order valence-electron chi connectivity index (χ4n) is 2.04. The Balaban J connectivity index is 1.83. The third kappa shape index (κ3) is 4.48. The lowest BCUT2D eigenvalue weighted by Crippen LogP contribution is -2.34. The third-order valence-electron chi connectivity index (χ3n) is 3.42. The van der Waals surface area contributed by atoms with E-state index in [9.17, 15) is 4.79 Å². The van der Waals surface area contributed by atoms with Crippen molar-refractivity contribution in [2.75, 3.05) is 19.0 Å². The Kier molecular flexibility index (Phi) is 5.36. The summed E-state index contributed by atoms with van der Waals surface area (Å²) in [7, 11) is 3.88. The number of hydrogen-bond donors (Lipinski definition) is 2. The number of nitrogens with zero attached hydrogens (tertiary/aromatic N) is 2. The van der Waals surface area contributed by atoms with E-state index < -0.39 is 0 Å². The molecule has 22 heavy (non-hydrogen) atoms. The molecule has 0 bridgehead atoms. The van der Waals surface area contributed by atoms with Crippen molar-refractivity contribution < 1.29 is 4.79 Å². The first-order valence-corrected chi connectivity index (χ1v) is 7.24. The van der Waals surface area contributed by atoms with Gasteiger partial charge in [0.25, 0.3) is 0 Å². The number of urea groups is 1. The Labute approximate surface area is 131 Å². The minimum absolute atomic E-state index is 0.175. The molecule has 2 rings (SSSR count). The van der Waals surface area contributed by atoms with Crippen molar-refractivity contribution in [3.05, 3.63) is 59.3 Å². The standard InChI is InChI=1S/C17H22N4O/c1-13-6-4-5-7-15(13)12-20-17(22)19-11-14-8-9-18-16(10-14)21(2)3/h4-10H,11-12H2,1-3H3,(H2,19,20,22). The van der Waals surface area contributed by atoms with E-state index in [4.69, 9.17) is 0 Å². The minimum Gasteiger partial charge on any atom is -0.363 e. The van der Waals surface area contributed by atoms with Gasteiger partial charge in [-0.2, -0.15) is 0 Å². The number of carbonyl (C=O) groups excluding carboxylic acids is 1. The SMILES string of the molecule is Cc1ccccc1CNC(=O)NCc1ccnc(N(C)C)c1. The number of anilines is 1. The molecule has 2 N–H and O–H groups in total. The molecule has 2 aromatic rings. The van der Waals surface area contributed by atoms with Gasteiger partial charge in [0, 0.05) is 33.4 Å². The van der Waals surface area contributed by atoms with E-state index in [-0.39, 0.29) is 6.03 Å². The highest BCUT2D eigenvalue weighted by atomic mass is 16.2. The van der Waals surface area contributed by atoms with Gasteiger partial charge in [-0.3, -0.25) is 0 Å². The van der Waals surface area contributed by atoms with Crippen LogP contribution in [0.2, 0.25) is 0 Å². The summed E-state index contributed by atoms with van der Waals surface area (Å²) in [4.78, 5) is 18.1. The summed E-state index contributed by atoms with van der Waals surface area (Å²) in [5, 5.41) is 5.73. The highest BCUT2D eigenvalue weighted by molar-refractivity contribution is 5.73. The van der Waals surface area contributed by atoms with Crippen LogP contribution in [0.15, 0.2) is 42.6 Å². The van der Waals surface area contributed by atoms with E-state index in [1.165, 1.54) is 5.56 Å². The molecule has 1 aromatic heterocycles. The van der Waals surface area contributed by atoms with Crippen LogP contribution in [-0.4, -0.2) is 25.1 Å². The van der Waals surface area contributed by atoms with Crippen LogP contribution < -0.4 is 15.5 Å². The second kappa shape index (κ2) is 7.45. The van der Waals surface area contributed by atoms with E-state index in [2.05, 4.69) is 15.6 Å². The Bertz CT molecular complexity index is 640. The number of carbonyl (C=O) groups is 1. The average Bonchev–Trinajstić information content (AvgIpc) is 2.52. The van der Waals surface area contributed by atoms with Crippen molar-refractivity contribution in [2.45, 2.75) is 20.0 Å². The van der Waals surface area contributed by atoms with Crippen LogP contribution >= 0.6 is 0 Å². The number of benzene rings is 1. The van der Waals surface area contributed by atoms with E-state index in [1.807, 2.05) is 62.3 Å². The number of nitrogens with one attached hydrogen (secondary N) is 2. The molecule has 0 radical (unpaired) electrons. The van der Waals surface area contributed by atoms with Gasteiger partial charge in [-0.25, -0.2) is 9.78 Å². The van der Waals surface area contributed by atoms with Crippen LogP contribution in [0.4, 0.5) is 10.6 Å². The molecule has 5 heteroatoms. The van der Waals surface area contributed by atoms with E-state index in [1.54, 1.807) is 6.20 Å². The first-order chi connectivity index (χ1) is 10.6. The van der Waals surface area contributed by atoms with Gasteiger partial charge in [-0.1, -0.05) is 24.3 Å². The molecule has 1 aromatic carbocycles. The fourth-order valence-corrected chi connectivity index (χ4v) is 2.04. The van der Waals surface area contributed by atoms with Crippen LogP contribution in [0.25, 0.3) is 0 Å². The lowest BCUT2D eigenvalue weighted by Gasteiger charge is -2.13. The zero-order chi connectivity index (χ0) is 15.9. The summed E-state index contributed by atoms with van der Waals surface area (Å²) in [5.41, 5.74) is 3.31. The second-order valence-corrected chi connectivity index (χ2v) is 5.38. The summed E-state index contributed by atoms with van der Waals surface area (Å²) in [6.45, 7) is 3.04. The van der Waals surface area contributed by atoms with Crippen LogP contribution in [0.5, 0.6) is 0 Å². The van der Waals surface area contributed by atoms with Crippen molar-refractivity contribution in [3.8, 4) is 0 Å². The van der Waals surface area contributed by atoms with Crippen LogP contribution in [0, 0.1) is 6.92 Å². The molecule has 116 valence electrons. The largest absolute Gasteiger partial charge is 0.363 e. The van der Waals surface area contributed by atoms with Crippen molar-refractivity contribution in [1.29, 1.82) is 0 Å². The molecular formula is C17H22N4O. The van der Waals surface area contributed by atoms with Gasteiger partial charge in [0.1, 0.15) is 5.82 Å². The minimum atomic E-state index is -0.175. The van der Waals surface area contributed by atoms with Gasteiger partial charge >= 0.3 is 6.03 Å². The number of amides is 2. The van der Waals surface area contributed by atoms with Gasteiger partial charge in [0.15, 0.2) is 0 Å².